The molecular formula is C74H133NO18. The van der Waals surface area contributed by atoms with E-state index in [1.54, 1.807) is 0 Å². The Morgan fingerprint density at radius 3 is 1.16 bits per heavy atom. The van der Waals surface area contributed by atoms with E-state index < -0.39 is 124 Å². The summed E-state index contributed by atoms with van der Waals surface area (Å²) in [6.45, 7) is 1.71. The number of aliphatic hydroxyl groups is 11. The average molecular weight is 1320 g/mol. The summed E-state index contributed by atoms with van der Waals surface area (Å²) in [5.74, 6) is -0.249. The molecule has 3 saturated heterocycles. The lowest BCUT2D eigenvalue weighted by atomic mass is 9.96. The molecule has 17 unspecified atom stereocenters. The summed E-state index contributed by atoms with van der Waals surface area (Å²) in [5.41, 5.74) is 0. The molecule has 93 heavy (non-hydrogen) atoms. The van der Waals surface area contributed by atoms with Crippen LogP contribution in [0.4, 0.5) is 0 Å². The van der Waals surface area contributed by atoms with E-state index >= 15 is 0 Å². The van der Waals surface area contributed by atoms with E-state index in [9.17, 15) is 61.0 Å². The molecule has 0 aromatic rings. The predicted octanol–water partition coefficient (Wildman–Crippen LogP) is 10.7. The molecule has 542 valence electrons. The normalized spacial score (nSPS) is 27.9. The molecule has 19 heteroatoms. The van der Waals surface area contributed by atoms with E-state index in [1.807, 2.05) is 0 Å². The second-order valence-electron chi connectivity index (χ2n) is 26.4. The van der Waals surface area contributed by atoms with Gasteiger partial charge in [0.15, 0.2) is 18.9 Å². The van der Waals surface area contributed by atoms with Crippen molar-refractivity contribution in [1.29, 1.82) is 0 Å². The Bertz CT molecular complexity index is 1920. The third-order valence-electron chi connectivity index (χ3n) is 18.4. The molecule has 0 aromatic heterocycles. The number of rotatable bonds is 57. The zero-order valence-corrected chi connectivity index (χ0v) is 57.5. The number of aliphatic hydroxyl groups excluding tert-OH is 11. The average Bonchev–Trinajstić information content (AvgIpc) is 0.819. The fourth-order valence-corrected chi connectivity index (χ4v) is 12.4. The Balaban J connectivity index is 1.41. The van der Waals surface area contributed by atoms with Crippen molar-refractivity contribution in [3.05, 3.63) is 60.8 Å². The first kappa shape index (κ1) is 84.7. The number of unbranched alkanes of at least 4 members (excludes halogenated alkanes) is 31. The first-order valence-corrected chi connectivity index (χ1v) is 37.0. The number of carbonyl (C=O) groups excluding carboxylic acids is 1. The second-order valence-corrected chi connectivity index (χ2v) is 26.4. The van der Waals surface area contributed by atoms with Gasteiger partial charge in [0, 0.05) is 6.42 Å². The van der Waals surface area contributed by atoms with Gasteiger partial charge in [0.05, 0.1) is 38.6 Å². The molecule has 1 amide bonds. The van der Waals surface area contributed by atoms with Crippen LogP contribution in [-0.4, -0.2) is 193 Å². The van der Waals surface area contributed by atoms with Gasteiger partial charge in [-0.25, -0.2) is 0 Å². The highest BCUT2D eigenvalue weighted by atomic mass is 16.8. The van der Waals surface area contributed by atoms with Gasteiger partial charge in [0.25, 0.3) is 0 Å². The van der Waals surface area contributed by atoms with Crippen LogP contribution in [0.5, 0.6) is 0 Å². The maximum Gasteiger partial charge on any atom is 0.220 e. The van der Waals surface area contributed by atoms with Gasteiger partial charge in [-0.05, 0) is 57.8 Å². The quantitative estimate of drug-likeness (QED) is 0.0199. The Hall–Kier alpha value is -2.51. The fourth-order valence-electron chi connectivity index (χ4n) is 12.4. The van der Waals surface area contributed by atoms with Gasteiger partial charge >= 0.3 is 0 Å². The molecule has 19 nitrogen and oxygen atoms in total. The van der Waals surface area contributed by atoms with E-state index in [0.29, 0.717) is 12.8 Å². The smallest absolute Gasteiger partial charge is 0.220 e. The molecule has 3 fully saturated rings. The molecule has 3 rings (SSSR count). The number of hydrogen-bond acceptors (Lipinski definition) is 18. The lowest BCUT2D eigenvalue weighted by Gasteiger charge is -2.48. The van der Waals surface area contributed by atoms with Crippen LogP contribution in [0.25, 0.3) is 0 Å². The number of hydrogen-bond donors (Lipinski definition) is 12. The van der Waals surface area contributed by atoms with Crippen LogP contribution < -0.4 is 5.32 Å². The van der Waals surface area contributed by atoms with Crippen LogP contribution in [0.1, 0.15) is 271 Å². The number of amides is 1. The van der Waals surface area contributed by atoms with Gasteiger partial charge < -0.3 is 89.9 Å². The van der Waals surface area contributed by atoms with Crippen molar-refractivity contribution < 1.29 is 89.4 Å². The lowest BCUT2D eigenvalue weighted by Crippen LogP contribution is -2.66. The van der Waals surface area contributed by atoms with Gasteiger partial charge in [-0.2, -0.15) is 0 Å². The van der Waals surface area contributed by atoms with Gasteiger partial charge in [0.2, 0.25) is 5.91 Å². The third-order valence-corrected chi connectivity index (χ3v) is 18.4. The third kappa shape index (κ3) is 36.8. The SMILES string of the molecule is CC/C=C\C/C=C\C/C=C\C/C=C\C/C=C\CCCCCCCCCCCC(=O)NC(COC1OC(CO)C(OC2OC(CO)C(OC3OC(CO)C(O)C(O)C3O)C(O)C2O)C(O)C1O)C(O)CCCCCCCCCCCCCCCCCCCCCCCCC. The van der Waals surface area contributed by atoms with Crippen molar-refractivity contribution in [2.24, 2.45) is 0 Å². The Morgan fingerprint density at radius 2 is 0.742 bits per heavy atom. The zero-order valence-electron chi connectivity index (χ0n) is 57.5. The minimum atomic E-state index is -1.98. The summed E-state index contributed by atoms with van der Waals surface area (Å²) in [6.07, 6.45) is 41.4. The second kappa shape index (κ2) is 55.4. The summed E-state index contributed by atoms with van der Waals surface area (Å²) in [7, 11) is 0. The van der Waals surface area contributed by atoms with Crippen LogP contribution in [-0.2, 0) is 33.2 Å². The van der Waals surface area contributed by atoms with Crippen molar-refractivity contribution in [3.63, 3.8) is 0 Å². The monoisotopic (exact) mass is 1320 g/mol. The molecule has 0 aromatic carbocycles. The Kier molecular flexibility index (Phi) is 50.4. The molecule has 0 radical (unpaired) electrons. The molecule has 3 aliphatic heterocycles. The molecule has 12 N–H and O–H groups in total. The summed E-state index contributed by atoms with van der Waals surface area (Å²) in [6, 6.07) is -0.895. The Morgan fingerprint density at radius 1 is 0.398 bits per heavy atom. The standard InChI is InChI=1S/C74H133NO18/c1-3-5-7-9-11-13-15-17-19-21-23-25-27-28-30-32-34-36-38-40-42-44-46-48-50-52-62(80)75-57(58(79)51-49-47-45-43-41-39-37-35-33-31-29-26-24-22-20-18-16-14-12-10-8-6-4-2)56-88-72-68(86)65(83)70(60(54-77)90-72)93-74-69(87)66(84)71(61(55-78)91-74)92-73-67(85)64(82)63(81)59(53-76)89-73/h5,7,11,13,17,19,23,25,28,30,57-61,63-74,76-79,81-87H,3-4,6,8-10,12,14-16,18,20-22,24,26-27,29,31-56H2,1-2H3,(H,75,80)/b7-5-,13-11-,19-17-,25-23-,30-28-. The number of carbonyl (C=O) groups is 1. The Labute approximate surface area is 560 Å². The molecule has 3 aliphatic rings. The van der Waals surface area contributed by atoms with E-state index in [1.165, 1.54) is 148 Å². The first-order valence-electron chi connectivity index (χ1n) is 37.0. The number of nitrogens with one attached hydrogen (secondary N) is 1. The first-order chi connectivity index (χ1) is 45.3. The van der Waals surface area contributed by atoms with Crippen molar-refractivity contribution >= 4 is 5.91 Å². The molecule has 0 spiro atoms. The maximum atomic E-state index is 13.5. The van der Waals surface area contributed by atoms with Crippen LogP contribution in [0.3, 0.4) is 0 Å². The molecule has 3 heterocycles. The molecule has 17 atom stereocenters. The summed E-state index contributed by atoms with van der Waals surface area (Å²) < 4.78 is 34.5. The predicted molar refractivity (Wildman–Crippen MR) is 365 cm³/mol. The highest BCUT2D eigenvalue weighted by molar-refractivity contribution is 5.76. The van der Waals surface area contributed by atoms with E-state index in [4.69, 9.17) is 28.4 Å². The van der Waals surface area contributed by atoms with Crippen molar-refractivity contribution in [3.8, 4) is 0 Å². The van der Waals surface area contributed by atoms with Gasteiger partial charge in [-0.15, -0.1) is 0 Å². The van der Waals surface area contributed by atoms with Crippen LogP contribution in [0, 0.1) is 0 Å². The summed E-state index contributed by atoms with van der Waals surface area (Å²) in [5, 5.41) is 121. The van der Waals surface area contributed by atoms with E-state index in [-0.39, 0.29) is 18.9 Å². The van der Waals surface area contributed by atoms with Crippen molar-refractivity contribution in [2.75, 3.05) is 26.4 Å². The number of ether oxygens (including phenoxy) is 6. The van der Waals surface area contributed by atoms with Crippen LogP contribution in [0.2, 0.25) is 0 Å². The lowest BCUT2D eigenvalue weighted by molar-refractivity contribution is -0.379. The number of allylic oxidation sites excluding steroid dienone is 10. The minimum Gasteiger partial charge on any atom is -0.394 e. The molecule has 0 bridgehead atoms. The van der Waals surface area contributed by atoms with Gasteiger partial charge in [-0.1, -0.05) is 267 Å². The summed E-state index contributed by atoms with van der Waals surface area (Å²) >= 11 is 0. The van der Waals surface area contributed by atoms with Gasteiger partial charge in [0.1, 0.15) is 73.2 Å². The maximum absolute atomic E-state index is 13.5. The topological polar surface area (TPSA) is 307 Å². The minimum absolute atomic E-state index is 0.249. The van der Waals surface area contributed by atoms with Crippen LogP contribution in [0.15, 0.2) is 60.8 Å². The fraction of sp³-hybridized carbons (Fsp3) is 0.851. The highest BCUT2D eigenvalue weighted by Gasteiger charge is 2.53. The summed E-state index contributed by atoms with van der Waals surface area (Å²) in [4.78, 5) is 13.5. The highest BCUT2D eigenvalue weighted by Crippen LogP contribution is 2.33. The van der Waals surface area contributed by atoms with Crippen LogP contribution >= 0.6 is 0 Å². The molecule has 0 aliphatic carbocycles. The van der Waals surface area contributed by atoms with E-state index in [0.717, 1.165) is 89.9 Å². The zero-order chi connectivity index (χ0) is 67.5. The van der Waals surface area contributed by atoms with E-state index in [2.05, 4.69) is 79.9 Å². The van der Waals surface area contributed by atoms with Crippen molar-refractivity contribution in [1.82, 2.24) is 5.32 Å². The van der Waals surface area contributed by atoms with Gasteiger partial charge in [-0.3, -0.25) is 4.79 Å². The largest absolute Gasteiger partial charge is 0.394 e. The molecule has 0 saturated carbocycles. The molecular weight excluding hydrogens is 1190 g/mol. The van der Waals surface area contributed by atoms with Crippen molar-refractivity contribution in [2.45, 2.75) is 375 Å².